The molecule has 0 aliphatic carbocycles. The molecule has 0 saturated carbocycles. The van der Waals surface area contributed by atoms with Gasteiger partial charge in [0.1, 0.15) is 5.75 Å². The fraction of sp³-hybridized carbons (Fsp3) is 0.556. The second-order valence-corrected chi connectivity index (χ2v) is 7.20. The minimum Gasteiger partial charge on any atom is -0.495 e. The van der Waals surface area contributed by atoms with Gasteiger partial charge < -0.3 is 14.2 Å². The second kappa shape index (κ2) is 6.81. The summed E-state index contributed by atoms with van der Waals surface area (Å²) in [6.45, 7) is 10.8. The monoisotopic (exact) mass is 330 g/mol. The lowest BCUT2D eigenvalue weighted by atomic mass is 9.97. The van der Waals surface area contributed by atoms with Crippen LogP contribution in [0.4, 0.5) is 5.69 Å². The number of piperazine rings is 1. The molecule has 0 amide bonds. The number of aromatic nitrogens is 2. The molecule has 1 saturated heterocycles. The van der Waals surface area contributed by atoms with Crippen LogP contribution in [-0.2, 0) is 12.0 Å². The van der Waals surface area contributed by atoms with Gasteiger partial charge in [0.05, 0.1) is 19.3 Å². The normalized spacial score (nSPS) is 16.4. The minimum absolute atomic E-state index is 0.103. The molecule has 130 valence electrons. The van der Waals surface area contributed by atoms with E-state index >= 15 is 0 Å². The molecule has 0 N–H and O–H groups in total. The predicted molar refractivity (Wildman–Crippen MR) is 93.5 cm³/mol. The Hall–Kier alpha value is -2.08. The molecule has 2 aromatic rings. The van der Waals surface area contributed by atoms with Crippen molar-refractivity contribution in [1.29, 1.82) is 0 Å². The average molecular weight is 330 g/mol. The molecule has 0 atom stereocenters. The highest BCUT2D eigenvalue weighted by atomic mass is 16.5. The summed E-state index contributed by atoms with van der Waals surface area (Å²) < 4.78 is 10.8. The average Bonchev–Trinajstić information content (AvgIpc) is 3.04. The highest BCUT2D eigenvalue weighted by Gasteiger charge is 2.24. The SMILES string of the molecule is COc1ccccc1N1CCN(Cc2noc(C(C)(C)C)n2)CC1. The van der Waals surface area contributed by atoms with E-state index < -0.39 is 0 Å². The van der Waals surface area contributed by atoms with Crippen molar-refractivity contribution in [2.75, 3.05) is 38.2 Å². The van der Waals surface area contributed by atoms with Gasteiger partial charge in [-0.05, 0) is 12.1 Å². The van der Waals surface area contributed by atoms with Crippen molar-refractivity contribution in [3.63, 3.8) is 0 Å². The van der Waals surface area contributed by atoms with Gasteiger partial charge in [0.15, 0.2) is 5.82 Å². The van der Waals surface area contributed by atoms with Crippen molar-refractivity contribution in [2.24, 2.45) is 0 Å². The lowest BCUT2D eigenvalue weighted by molar-refractivity contribution is 0.238. The van der Waals surface area contributed by atoms with E-state index in [1.807, 2.05) is 12.1 Å². The van der Waals surface area contributed by atoms with Gasteiger partial charge in [0.2, 0.25) is 5.89 Å². The van der Waals surface area contributed by atoms with Gasteiger partial charge in [-0.25, -0.2) is 0 Å². The van der Waals surface area contributed by atoms with E-state index in [2.05, 4.69) is 52.8 Å². The topological polar surface area (TPSA) is 54.6 Å². The van der Waals surface area contributed by atoms with E-state index in [0.717, 1.165) is 50.0 Å². The van der Waals surface area contributed by atoms with Crippen LogP contribution in [0, 0.1) is 0 Å². The molecular weight excluding hydrogens is 304 g/mol. The number of methoxy groups -OCH3 is 1. The summed E-state index contributed by atoms with van der Waals surface area (Å²) in [5.74, 6) is 2.40. The van der Waals surface area contributed by atoms with Crippen LogP contribution in [0.1, 0.15) is 32.5 Å². The zero-order chi connectivity index (χ0) is 17.2. The summed E-state index contributed by atoms with van der Waals surface area (Å²) >= 11 is 0. The van der Waals surface area contributed by atoms with E-state index in [1.54, 1.807) is 7.11 Å². The standard InChI is InChI=1S/C18H26N4O2/c1-18(2,3)17-19-16(20-24-17)13-21-9-11-22(12-10-21)14-7-5-6-8-15(14)23-4/h5-8H,9-13H2,1-4H3. The zero-order valence-electron chi connectivity index (χ0n) is 15.0. The van der Waals surface area contributed by atoms with E-state index in [-0.39, 0.29) is 5.41 Å². The maximum Gasteiger partial charge on any atom is 0.232 e. The molecule has 3 rings (SSSR count). The molecule has 24 heavy (non-hydrogen) atoms. The van der Waals surface area contributed by atoms with Crippen LogP contribution in [0.3, 0.4) is 0 Å². The first-order valence-corrected chi connectivity index (χ1v) is 8.41. The van der Waals surface area contributed by atoms with Crippen molar-refractivity contribution < 1.29 is 9.26 Å². The van der Waals surface area contributed by atoms with Gasteiger partial charge >= 0.3 is 0 Å². The molecule has 0 radical (unpaired) electrons. The Bertz CT molecular complexity index is 670. The quantitative estimate of drug-likeness (QED) is 0.859. The summed E-state index contributed by atoms with van der Waals surface area (Å²) in [6, 6.07) is 8.18. The molecule has 1 aliphatic rings. The van der Waals surface area contributed by atoms with E-state index in [1.165, 1.54) is 0 Å². The fourth-order valence-corrected chi connectivity index (χ4v) is 2.86. The number of ether oxygens (including phenoxy) is 1. The molecular formula is C18H26N4O2. The number of benzene rings is 1. The molecule has 1 aromatic carbocycles. The van der Waals surface area contributed by atoms with E-state index in [4.69, 9.17) is 9.26 Å². The Labute approximate surface area is 143 Å². The summed E-state index contributed by atoms with van der Waals surface area (Å²) in [6.07, 6.45) is 0. The number of anilines is 1. The number of nitrogens with zero attached hydrogens (tertiary/aromatic N) is 4. The maximum absolute atomic E-state index is 5.47. The predicted octanol–water partition coefficient (Wildman–Crippen LogP) is 2.70. The first-order valence-electron chi connectivity index (χ1n) is 8.41. The molecule has 0 unspecified atom stereocenters. The van der Waals surface area contributed by atoms with Crippen molar-refractivity contribution in [1.82, 2.24) is 15.0 Å². The summed E-state index contributed by atoms with van der Waals surface area (Å²) in [5.41, 5.74) is 1.06. The van der Waals surface area contributed by atoms with Gasteiger partial charge in [-0.15, -0.1) is 0 Å². The molecule has 6 nitrogen and oxygen atoms in total. The molecule has 1 aromatic heterocycles. The van der Waals surface area contributed by atoms with Crippen LogP contribution in [0.5, 0.6) is 5.75 Å². The van der Waals surface area contributed by atoms with Crippen LogP contribution < -0.4 is 9.64 Å². The Morgan fingerprint density at radius 3 is 2.46 bits per heavy atom. The third-order valence-electron chi connectivity index (χ3n) is 4.27. The zero-order valence-corrected chi connectivity index (χ0v) is 15.0. The van der Waals surface area contributed by atoms with Gasteiger partial charge in [-0.2, -0.15) is 4.98 Å². The number of rotatable bonds is 4. The van der Waals surface area contributed by atoms with Crippen molar-refractivity contribution in [2.45, 2.75) is 32.7 Å². The Kier molecular flexibility index (Phi) is 4.76. The number of hydrogen-bond donors (Lipinski definition) is 0. The van der Waals surface area contributed by atoms with Crippen molar-refractivity contribution in [3.05, 3.63) is 36.0 Å². The summed E-state index contributed by atoms with van der Waals surface area (Å²) in [7, 11) is 1.72. The fourth-order valence-electron chi connectivity index (χ4n) is 2.86. The lowest BCUT2D eigenvalue weighted by Gasteiger charge is -2.36. The Balaban J connectivity index is 1.58. The first-order chi connectivity index (χ1) is 11.5. The number of hydrogen-bond acceptors (Lipinski definition) is 6. The number of para-hydroxylation sites is 2. The third-order valence-corrected chi connectivity index (χ3v) is 4.27. The summed E-state index contributed by atoms with van der Waals surface area (Å²) in [4.78, 5) is 9.26. The Morgan fingerprint density at radius 2 is 1.83 bits per heavy atom. The van der Waals surface area contributed by atoms with Gasteiger partial charge in [0.25, 0.3) is 0 Å². The smallest absolute Gasteiger partial charge is 0.232 e. The largest absolute Gasteiger partial charge is 0.495 e. The highest BCUT2D eigenvalue weighted by Crippen LogP contribution is 2.28. The van der Waals surface area contributed by atoms with Crippen LogP contribution in [0.15, 0.2) is 28.8 Å². The van der Waals surface area contributed by atoms with E-state index in [9.17, 15) is 0 Å². The minimum atomic E-state index is -0.103. The van der Waals surface area contributed by atoms with Crippen molar-refractivity contribution >= 4 is 5.69 Å². The second-order valence-electron chi connectivity index (χ2n) is 7.20. The van der Waals surface area contributed by atoms with Crippen LogP contribution in [0.25, 0.3) is 0 Å². The highest BCUT2D eigenvalue weighted by molar-refractivity contribution is 5.58. The third kappa shape index (κ3) is 3.70. The van der Waals surface area contributed by atoms with Crippen LogP contribution in [0.2, 0.25) is 0 Å². The Morgan fingerprint density at radius 1 is 1.12 bits per heavy atom. The lowest BCUT2D eigenvalue weighted by Crippen LogP contribution is -2.46. The van der Waals surface area contributed by atoms with Gasteiger partial charge in [-0.3, -0.25) is 4.90 Å². The van der Waals surface area contributed by atoms with Crippen LogP contribution in [-0.4, -0.2) is 48.3 Å². The molecule has 6 heteroatoms. The first kappa shape index (κ1) is 16.8. The van der Waals surface area contributed by atoms with Crippen molar-refractivity contribution in [3.8, 4) is 5.75 Å². The molecule has 0 spiro atoms. The van der Waals surface area contributed by atoms with E-state index in [0.29, 0.717) is 5.89 Å². The van der Waals surface area contributed by atoms with Crippen LogP contribution >= 0.6 is 0 Å². The molecule has 0 bridgehead atoms. The molecule has 2 heterocycles. The molecule has 1 fully saturated rings. The van der Waals surface area contributed by atoms with Gasteiger partial charge in [-0.1, -0.05) is 38.1 Å². The molecule has 1 aliphatic heterocycles. The van der Waals surface area contributed by atoms with Gasteiger partial charge in [0, 0.05) is 31.6 Å². The maximum atomic E-state index is 5.47. The summed E-state index contributed by atoms with van der Waals surface area (Å²) in [5, 5.41) is 4.12.